The van der Waals surface area contributed by atoms with E-state index in [4.69, 9.17) is 19.9 Å². The van der Waals surface area contributed by atoms with E-state index in [9.17, 15) is 9.59 Å². The molecule has 168 valence electrons. The van der Waals surface area contributed by atoms with Crippen molar-refractivity contribution in [3.05, 3.63) is 59.4 Å². The van der Waals surface area contributed by atoms with E-state index in [0.29, 0.717) is 17.1 Å². The van der Waals surface area contributed by atoms with Crippen LogP contribution in [0.25, 0.3) is 0 Å². The number of benzene rings is 1. The number of nitrogens with one attached hydrogen (secondary N) is 2. The molecule has 0 saturated heterocycles. The Morgan fingerprint density at radius 3 is 2.47 bits per heavy atom. The maximum atomic E-state index is 12.5. The smallest absolute Gasteiger partial charge is 0.320 e. The van der Waals surface area contributed by atoms with Gasteiger partial charge in [-0.3, -0.25) is 15.1 Å². The number of primary amides is 1. The Labute approximate surface area is 188 Å². The summed E-state index contributed by atoms with van der Waals surface area (Å²) < 4.78 is 20.6. The standard InChI is InChI=1S/C21H23N5O5S/c1-12(13-6-5-9-23-10-13)31-19-17(18(22)27)20(32-26-19)25-21(28)24-11-14-15(29-2)7-4-8-16(14)30-3/h4-10,12H,11H2,1-3H3,(H2,22,27)(H2,24,25,28). The van der Waals surface area contributed by atoms with Crippen LogP contribution in [0.1, 0.15) is 34.5 Å². The number of urea groups is 1. The van der Waals surface area contributed by atoms with Crippen molar-refractivity contribution in [2.24, 2.45) is 5.73 Å². The van der Waals surface area contributed by atoms with Crippen LogP contribution in [0.5, 0.6) is 17.4 Å². The summed E-state index contributed by atoms with van der Waals surface area (Å²) in [5.41, 5.74) is 6.99. The van der Waals surface area contributed by atoms with Crippen LogP contribution in [0.3, 0.4) is 0 Å². The first-order valence-electron chi connectivity index (χ1n) is 9.55. The summed E-state index contributed by atoms with van der Waals surface area (Å²) >= 11 is 0.894. The van der Waals surface area contributed by atoms with Gasteiger partial charge in [0, 0.05) is 18.0 Å². The molecule has 3 amide bonds. The number of carbonyl (C=O) groups excluding carboxylic acids is 2. The minimum Gasteiger partial charge on any atom is -0.496 e. The largest absolute Gasteiger partial charge is 0.496 e. The lowest BCUT2D eigenvalue weighted by Crippen LogP contribution is -2.29. The van der Waals surface area contributed by atoms with Gasteiger partial charge in [-0.2, -0.15) is 4.37 Å². The monoisotopic (exact) mass is 457 g/mol. The number of aromatic nitrogens is 2. The Kier molecular flexibility index (Phi) is 7.45. The molecule has 0 bridgehead atoms. The molecule has 11 heteroatoms. The molecule has 0 aliphatic carbocycles. The maximum Gasteiger partial charge on any atom is 0.320 e. The van der Waals surface area contributed by atoms with E-state index in [1.54, 1.807) is 43.6 Å². The summed E-state index contributed by atoms with van der Waals surface area (Å²) in [6, 6.07) is 8.37. The third-order valence-electron chi connectivity index (χ3n) is 4.53. The molecule has 0 aliphatic rings. The molecule has 3 rings (SSSR count). The Bertz CT molecular complexity index is 1070. The summed E-state index contributed by atoms with van der Waals surface area (Å²) in [7, 11) is 3.06. The molecule has 4 N–H and O–H groups in total. The van der Waals surface area contributed by atoms with Gasteiger partial charge in [0.15, 0.2) is 0 Å². The number of nitrogens with two attached hydrogens (primary N) is 1. The van der Waals surface area contributed by atoms with Crippen LogP contribution >= 0.6 is 11.5 Å². The molecule has 0 spiro atoms. The summed E-state index contributed by atoms with van der Waals surface area (Å²) in [6.07, 6.45) is 2.87. The van der Waals surface area contributed by atoms with Gasteiger partial charge in [0.05, 0.1) is 26.3 Å². The molecular formula is C21H23N5O5S. The van der Waals surface area contributed by atoms with Crippen molar-refractivity contribution in [3.8, 4) is 17.4 Å². The highest BCUT2D eigenvalue weighted by Gasteiger charge is 2.24. The molecule has 1 aromatic carbocycles. The van der Waals surface area contributed by atoms with E-state index in [-0.39, 0.29) is 23.0 Å². The second kappa shape index (κ2) is 10.4. The van der Waals surface area contributed by atoms with Crippen molar-refractivity contribution < 1.29 is 23.8 Å². The van der Waals surface area contributed by atoms with Crippen molar-refractivity contribution in [2.45, 2.75) is 19.6 Å². The zero-order valence-electron chi connectivity index (χ0n) is 17.7. The summed E-state index contributed by atoms with van der Waals surface area (Å²) in [5, 5.41) is 5.48. The van der Waals surface area contributed by atoms with Crippen LogP contribution in [-0.4, -0.2) is 35.5 Å². The topological polar surface area (TPSA) is 138 Å². The van der Waals surface area contributed by atoms with Gasteiger partial charge in [0.2, 0.25) is 5.88 Å². The van der Waals surface area contributed by atoms with Gasteiger partial charge in [-0.15, -0.1) is 0 Å². The van der Waals surface area contributed by atoms with E-state index in [1.165, 1.54) is 14.2 Å². The summed E-state index contributed by atoms with van der Waals surface area (Å²) in [5.74, 6) is 0.412. The number of anilines is 1. The number of hydrogen-bond acceptors (Lipinski definition) is 8. The molecule has 32 heavy (non-hydrogen) atoms. The van der Waals surface area contributed by atoms with E-state index in [1.807, 2.05) is 6.07 Å². The van der Waals surface area contributed by atoms with Gasteiger partial charge in [-0.25, -0.2) is 4.79 Å². The number of hydrogen-bond donors (Lipinski definition) is 3. The minimum absolute atomic E-state index is 0.00392. The van der Waals surface area contributed by atoms with Crippen molar-refractivity contribution >= 4 is 28.5 Å². The molecule has 0 saturated carbocycles. The first-order valence-corrected chi connectivity index (χ1v) is 10.3. The fraction of sp³-hybridized carbons (Fsp3) is 0.238. The number of pyridine rings is 1. The summed E-state index contributed by atoms with van der Waals surface area (Å²) in [4.78, 5) is 28.6. The van der Waals surface area contributed by atoms with Crippen molar-refractivity contribution in [1.82, 2.24) is 14.7 Å². The number of rotatable bonds is 9. The van der Waals surface area contributed by atoms with Gasteiger partial charge in [-0.1, -0.05) is 12.1 Å². The average Bonchev–Trinajstić information content (AvgIpc) is 3.19. The van der Waals surface area contributed by atoms with E-state index < -0.39 is 18.0 Å². The van der Waals surface area contributed by atoms with E-state index in [0.717, 1.165) is 17.1 Å². The molecular weight excluding hydrogens is 434 g/mol. The quantitative estimate of drug-likeness (QED) is 0.449. The van der Waals surface area contributed by atoms with Gasteiger partial charge in [0.25, 0.3) is 5.91 Å². The first kappa shape index (κ1) is 22.8. The molecule has 2 aromatic heterocycles. The highest BCUT2D eigenvalue weighted by atomic mass is 32.1. The summed E-state index contributed by atoms with van der Waals surface area (Å²) in [6.45, 7) is 1.92. The lowest BCUT2D eigenvalue weighted by molar-refractivity contribution is 0.0994. The highest BCUT2D eigenvalue weighted by molar-refractivity contribution is 7.11. The van der Waals surface area contributed by atoms with Crippen molar-refractivity contribution in [1.29, 1.82) is 0 Å². The molecule has 0 radical (unpaired) electrons. The lowest BCUT2D eigenvalue weighted by atomic mass is 10.1. The third kappa shape index (κ3) is 5.24. The minimum atomic E-state index is -0.770. The number of methoxy groups -OCH3 is 2. The normalized spacial score (nSPS) is 11.3. The third-order valence-corrected chi connectivity index (χ3v) is 5.28. The predicted molar refractivity (Wildman–Crippen MR) is 119 cm³/mol. The predicted octanol–water partition coefficient (Wildman–Crippen LogP) is 3.12. The fourth-order valence-electron chi connectivity index (χ4n) is 2.93. The number of amides is 3. The van der Waals surface area contributed by atoms with Crippen molar-refractivity contribution in [3.63, 3.8) is 0 Å². The molecule has 0 aliphatic heterocycles. The zero-order chi connectivity index (χ0) is 23.1. The highest BCUT2D eigenvalue weighted by Crippen LogP contribution is 2.33. The molecule has 10 nitrogen and oxygen atoms in total. The second-order valence-corrected chi connectivity index (χ2v) is 7.32. The Morgan fingerprint density at radius 1 is 1.16 bits per heavy atom. The maximum absolute atomic E-state index is 12.5. The lowest BCUT2D eigenvalue weighted by Gasteiger charge is -2.14. The van der Waals surface area contributed by atoms with Gasteiger partial charge in [-0.05, 0) is 36.7 Å². The van der Waals surface area contributed by atoms with Gasteiger partial charge in [0.1, 0.15) is 28.2 Å². The molecule has 1 unspecified atom stereocenters. The van der Waals surface area contributed by atoms with Crippen LogP contribution < -0.4 is 30.6 Å². The number of carbonyl (C=O) groups is 2. The molecule has 3 aromatic rings. The van der Waals surface area contributed by atoms with Crippen LogP contribution in [0.4, 0.5) is 9.80 Å². The van der Waals surface area contributed by atoms with Crippen LogP contribution in [-0.2, 0) is 6.54 Å². The van der Waals surface area contributed by atoms with Crippen LogP contribution in [0, 0.1) is 0 Å². The second-order valence-electron chi connectivity index (χ2n) is 6.55. The molecule has 0 fully saturated rings. The Hall–Kier alpha value is -3.86. The molecule has 2 heterocycles. The van der Waals surface area contributed by atoms with Crippen LogP contribution in [0.2, 0.25) is 0 Å². The van der Waals surface area contributed by atoms with E-state index >= 15 is 0 Å². The molecule has 1 atom stereocenters. The van der Waals surface area contributed by atoms with Gasteiger partial charge < -0.3 is 25.3 Å². The van der Waals surface area contributed by atoms with Crippen molar-refractivity contribution in [2.75, 3.05) is 19.5 Å². The number of nitrogens with zero attached hydrogens (tertiary/aromatic N) is 2. The van der Waals surface area contributed by atoms with E-state index in [2.05, 4.69) is 20.0 Å². The zero-order valence-corrected chi connectivity index (χ0v) is 18.6. The van der Waals surface area contributed by atoms with Crippen LogP contribution in [0.15, 0.2) is 42.7 Å². The Balaban J connectivity index is 1.71. The SMILES string of the molecule is COc1cccc(OC)c1CNC(=O)Nc1snc(OC(C)c2cccnc2)c1C(N)=O. The van der Waals surface area contributed by atoms with Gasteiger partial charge >= 0.3 is 6.03 Å². The average molecular weight is 458 g/mol. The Morgan fingerprint density at radius 2 is 1.88 bits per heavy atom. The number of ether oxygens (including phenoxy) is 3. The fourth-order valence-corrected chi connectivity index (χ4v) is 3.65. The first-order chi connectivity index (χ1) is 15.4.